The summed E-state index contributed by atoms with van der Waals surface area (Å²) in [5.74, 6) is 0. The van der Waals surface area contributed by atoms with E-state index in [2.05, 4.69) is 96.0 Å². The molecule has 29 heavy (non-hydrogen) atoms. The summed E-state index contributed by atoms with van der Waals surface area (Å²) in [6.07, 6.45) is 1.86. The minimum absolute atomic E-state index is 1.06. The van der Waals surface area contributed by atoms with Gasteiger partial charge in [0.1, 0.15) is 5.01 Å². The molecule has 1 nitrogen and oxygen atoms in total. The molecule has 0 spiro atoms. The Morgan fingerprint density at radius 2 is 1.07 bits per heavy atom. The second-order valence-corrected chi connectivity index (χ2v) is 8.13. The fourth-order valence-electron chi connectivity index (χ4n) is 4.35. The second kappa shape index (κ2) is 6.54. The smallest absolute Gasteiger partial charge is 0.123 e. The molecule has 6 aromatic rings. The molecular formula is C27H17NS. The first-order chi connectivity index (χ1) is 14.4. The molecule has 0 aliphatic carbocycles. The van der Waals surface area contributed by atoms with Crippen LogP contribution in [0, 0.1) is 0 Å². The third kappa shape index (κ3) is 2.57. The van der Waals surface area contributed by atoms with Gasteiger partial charge in [0, 0.05) is 17.1 Å². The molecule has 2 heteroatoms. The van der Waals surface area contributed by atoms with Crippen LogP contribution < -0.4 is 0 Å². The van der Waals surface area contributed by atoms with Crippen molar-refractivity contribution >= 4 is 43.7 Å². The molecule has 0 amide bonds. The topological polar surface area (TPSA) is 12.9 Å². The van der Waals surface area contributed by atoms with E-state index in [1.54, 1.807) is 11.3 Å². The summed E-state index contributed by atoms with van der Waals surface area (Å²) in [5.41, 5.74) is 3.67. The predicted octanol–water partition coefficient (Wildman–Crippen LogP) is 7.94. The van der Waals surface area contributed by atoms with Gasteiger partial charge in [-0.3, -0.25) is 0 Å². The Hall–Kier alpha value is -3.49. The molecule has 5 aromatic carbocycles. The number of hydrogen-bond acceptors (Lipinski definition) is 2. The first-order valence-corrected chi connectivity index (χ1v) is 10.6. The Morgan fingerprint density at radius 3 is 1.69 bits per heavy atom. The highest BCUT2D eigenvalue weighted by Gasteiger charge is 2.12. The lowest BCUT2D eigenvalue weighted by Gasteiger charge is -2.14. The van der Waals surface area contributed by atoms with Gasteiger partial charge in [-0.25, -0.2) is 4.98 Å². The average molecular weight is 388 g/mol. The summed E-state index contributed by atoms with van der Waals surface area (Å²) in [4.78, 5) is 4.43. The third-order valence-electron chi connectivity index (χ3n) is 5.64. The molecule has 0 fully saturated rings. The maximum absolute atomic E-state index is 4.43. The number of benzene rings is 5. The number of rotatable bonds is 2. The number of thiazole rings is 1. The molecule has 6 rings (SSSR count). The van der Waals surface area contributed by atoms with Crippen molar-refractivity contribution in [3.05, 3.63) is 103 Å². The van der Waals surface area contributed by atoms with Gasteiger partial charge in [-0.1, -0.05) is 91.0 Å². The summed E-state index contributed by atoms with van der Waals surface area (Å²) < 4.78 is 0. The maximum atomic E-state index is 4.43. The van der Waals surface area contributed by atoms with Crippen molar-refractivity contribution in [1.29, 1.82) is 0 Å². The van der Waals surface area contributed by atoms with E-state index in [4.69, 9.17) is 0 Å². The van der Waals surface area contributed by atoms with Crippen molar-refractivity contribution in [2.75, 3.05) is 0 Å². The molecule has 0 saturated heterocycles. The van der Waals surface area contributed by atoms with Crippen LogP contribution in [0.4, 0.5) is 0 Å². The molecule has 0 aliphatic heterocycles. The van der Waals surface area contributed by atoms with Gasteiger partial charge < -0.3 is 0 Å². The molecule has 0 unspecified atom stereocenters. The van der Waals surface area contributed by atoms with Crippen LogP contribution in [-0.2, 0) is 0 Å². The summed E-state index contributed by atoms with van der Waals surface area (Å²) in [5, 5.41) is 10.9. The number of nitrogens with zero attached hydrogens (tertiary/aromatic N) is 1. The highest BCUT2D eigenvalue weighted by atomic mass is 32.1. The molecule has 136 valence electrons. The Balaban J connectivity index is 1.68. The van der Waals surface area contributed by atoms with Crippen LogP contribution in [0.15, 0.2) is 103 Å². The van der Waals surface area contributed by atoms with Crippen molar-refractivity contribution in [2.45, 2.75) is 0 Å². The zero-order valence-electron chi connectivity index (χ0n) is 15.7. The average Bonchev–Trinajstić information content (AvgIpc) is 3.34. The summed E-state index contributed by atoms with van der Waals surface area (Å²) in [6.45, 7) is 0. The zero-order chi connectivity index (χ0) is 19.2. The van der Waals surface area contributed by atoms with Gasteiger partial charge >= 0.3 is 0 Å². The van der Waals surface area contributed by atoms with E-state index >= 15 is 0 Å². The van der Waals surface area contributed by atoms with Crippen LogP contribution in [0.2, 0.25) is 0 Å². The Kier molecular flexibility index (Phi) is 3.71. The van der Waals surface area contributed by atoms with Gasteiger partial charge in [-0.2, -0.15) is 0 Å². The number of aromatic nitrogens is 1. The maximum Gasteiger partial charge on any atom is 0.123 e. The molecule has 0 saturated carbocycles. The van der Waals surface area contributed by atoms with Gasteiger partial charge in [0.05, 0.1) is 0 Å². The molecule has 0 radical (unpaired) electrons. The first kappa shape index (κ1) is 16.5. The largest absolute Gasteiger partial charge is 0.245 e. The molecule has 1 heterocycles. The predicted molar refractivity (Wildman–Crippen MR) is 126 cm³/mol. The van der Waals surface area contributed by atoms with E-state index in [0.717, 1.165) is 5.01 Å². The van der Waals surface area contributed by atoms with Crippen LogP contribution in [0.25, 0.3) is 54.0 Å². The highest BCUT2D eigenvalue weighted by molar-refractivity contribution is 7.13. The van der Waals surface area contributed by atoms with Crippen molar-refractivity contribution < 1.29 is 0 Å². The van der Waals surface area contributed by atoms with Crippen molar-refractivity contribution in [1.82, 2.24) is 4.98 Å². The standard InChI is InChI=1S/C27H17NS/c1-2-7-23-21(6-1)22-8-3-4-9-24(22)26-20(10-5-11-25(23)26)18-12-14-19(15-13-18)27-28-16-17-29-27/h1-17H. The first-order valence-electron chi connectivity index (χ1n) is 9.73. The number of fused-ring (bicyclic) bond motifs is 6. The Bertz CT molecular complexity index is 1430. The second-order valence-electron chi connectivity index (χ2n) is 7.23. The fraction of sp³-hybridized carbons (Fsp3) is 0. The summed E-state index contributed by atoms with van der Waals surface area (Å²) in [7, 11) is 0. The molecule has 0 atom stereocenters. The van der Waals surface area contributed by atoms with Gasteiger partial charge in [0.2, 0.25) is 0 Å². The van der Waals surface area contributed by atoms with E-state index in [1.165, 1.54) is 49.0 Å². The lowest BCUT2D eigenvalue weighted by Crippen LogP contribution is -1.87. The highest BCUT2D eigenvalue weighted by Crippen LogP contribution is 2.40. The molecular weight excluding hydrogens is 370 g/mol. The minimum atomic E-state index is 1.06. The molecule has 0 N–H and O–H groups in total. The summed E-state index contributed by atoms with van der Waals surface area (Å²) in [6, 6.07) is 32.9. The van der Waals surface area contributed by atoms with E-state index in [1.807, 2.05) is 11.6 Å². The van der Waals surface area contributed by atoms with E-state index < -0.39 is 0 Å². The molecule has 0 aliphatic rings. The molecule has 1 aromatic heterocycles. The van der Waals surface area contributed by atoms with Crippen molar-refractivity contribution in [3.63, 3.8) is 0 Å². The van der Waals surface area contributed by atoms with Gasteiger partial charge in [-0.15, -0.1) is 11.3 Å². The Labute approximate surface area is 172 Å². The monoisotopic (exact) mass is 387 g/mol. The lowest BCUT2D eigenvalue weighted by molar-refractivity contribution is 1.41. The lowest BCUT2D eigenvalue weighted by atomic mass is 9.89. The van der Waals surface area contributed by atoms with Crippen LogP contribution in [0.1, 0.15) is 0 Å². The van der Waals surface area contributed by atoms with Crippen LogP contribution in [0.3, 0.4) is 0 Å². The third-order valence-corrected chi connectivity index (χ3v) is 6.47. The van der Waals surface area contributed by atoms with E-state index in [0.29, 0.717) is 0 Å². The fourth-order valence-corrected chi connectivity index (χ4v) is 5.00. The van der Waals surface area contributed by atoms with Gasteiger partial charge in [-0.05, 0) is 43.4 Å². The molecule has 0 bridgehead atoms. The SMILES string of the molecule is c1ccc2c(c1)c1ccccc1c1c(-c3ccc(-c4nccs4)cc3)cccc21. The van der Waals surface area contributed by atoms with Crippen LogP contribution in [-0.4, -0.2) is 4.98 Å². The van der Waals surface area contributed by atoms with E-state index in [9.17, 15) is 0 Å². The van der Waals surface area contributed by atoms with Gasteiger partial charge in [0.15, 0.2) is 0 Å². The van der Waals surface area contributed by atoms with E-state index in [-0.39, 0.29) is 0 Å². The minimum Gasteiger partial charge on any atom is -0.245 e. The zero-order valence-corrected chi connectivity index (χ0v) is 16.5. The Morgan fingerprint density at radius 1 is 0.517 bits per heavy atom. The van der Waals surface area contributed by atoms with Crippen LogP contribution in [0.5, 0.6) is 0 Å². The van der Waals surface area contributed by atoms with Gasteiger partial charge in [0.25, 0.3) is 0 Å². The van der Waals surface area contributed by atoms with Crippen molar-refractivity contribution in [3.8, 4) is 21.7 Å². The van der Waals surface area contributed by atoms with Crippen LogP contribution >= 0.6 is 11.3 Å². The number of hydrogen-bond donors (Lipinski definition) is 0. The summed E-state index contributed by atoms with van der Waals surface area (Å²) >= 11 is 1.67. The quantitative estimate of drug-likeness (QED) is 0.275. The normalized spacial score (nSPS) is 11.4. The van der Waals surface area contributed by atoms with Crippen molar-refractivity contribution in [2.24, 2.45) is 0 Å².